The van der Waals surface area contributed by atoms with Crippen LogP contribution in [0.15, 0.2) is 72.9 Å². The molecule has 0 fully saturated rings. The van der Waals surface area contributed by atoms with Crippen molar-refractivity contribution in [3.63, 3.8) is 0 Å². The highest BCUT2D eigenvalue weighted by molar-refractivity contribution is 5.76. The van der Waals surface area contributed by atoms with Crippen LogP contribution in [0.25, 0.3) is 0 Å². The maximum Gasteiger partial charge on any atom is 0.220 e. The summed E-state index contributed by atoms with van der Waals surface area (Å²) in [5, 5.41) is 23.0. The Morgan fingerprint density at radius 2 is 0.808 bits per heavy atom. The molecule has 2 atom stereocenters. The van der Waals surface area contributed by atoms with Gasteiger partial charge >= 0.3 is 0 Å². The third kappa shape index (κ3) is 39.0. The molecule has 0 saturated carbocycles. The molecule has 52 heavy (non-hydrogen) atoms. The van der Waals surface area contributed by atoms with E-state index in [9.17, 15) is 15.0 Å². The number of carbonyl (C=O) groups is 1. The fourth-order valence-electron chi connectivity index (χ4n) is 6.22. The van der Waals surface area contributed by atoms with E-state index in [1.165, 1.54) is 122 Å². The lowest BCUT2D eigenvalue weighted by Crippen LogP contribution is -2.45. The van der Waals surface area contributed by atoms with Gasteiger partial charge in [0.15, 0.2) is 0 Å². The zero-order chi connectivity index (χ0) is 37.8. The first kappa shape index (κ1) is 49.8. The molecule has 4 heteroatoms. The van der Waals surface area contributed by atoms with Gasteiger partial charge in [-0.05, 0) is 83.5 Å². The van der Waals surface area contributed by atoms with Gasteiger partial charge in [-0.1, -0.05) is 189 Å². The third-order valence-electron chi connectivity index (χ3n) is 9.64. The zero-order valence-corrected chi connectivity index (χ0v) is 34.3. The molecule has 0 rings (SSSR count). The second kappa shape index (κ2) is 43.2. The van der Waals surface area contributed by atoms with Crippen LogP contribution in [0.4, 0.5) is 0 Å². The van der Waals surface area contributed by atoms with E-state index >= 15 is 0 Å². The van der Waals surface area contributed by atoms with Gasteiger partial charge in [-0.25, -0.2) is 0 Å². The van der Waals surface area contributed by atoms with Gasteiger partial charge in [-0.15, -0.1) is 0 Å². The first-order valence-corrected chi connectivity index (χ1v) is 22.2. The molecule has 0 saturated heterocycles. The summed E-state index contributed by atoms with van der Waals surface area (Å²) in [7, 11) is 0. The van der Waals surface area contributed by atoms with Gasteiger partial charge in [0.05, 0.1) is 18.8 Å². The number of aliphatic hydroxyl groups excluding tert-OH is 2. The number of hydrogen-bond acceptors (Lipinski definition) is 3. The van der Waals surface area contributed by atoms with E-state index < -0.39 is 12.1 Å². The molecule has 4 nitrogen and oxygen atoms in total. The number of aliphatic hydroxyl groups is 2. The molecule has 0 radical (unpaired) electrons. The lowest BCUT2D eigenvalue weighted by Gasteiger charge is -2.19. The van der Waals surface area contributed by atoms with Crippen LogP contribution in [-0.4, -0.2) is 34.9 Å². The molecule has 300 valence electrons. The highest BCUT2D eigenvalue weighted by Crippen LogP contribution is 2.13. The molecule has 0 aliphatic rings. The fraction of sp³-hybridized carbons (Fsp3) is 0.729. The predicted octanol–water partition coefficient (Wildman–Crippen LogP) is 13.9. The first-order chi connectivity index (χ1) is 25.7. The molecule has 0 heterocycles. The van der Waals surface area contributed by atoms with Crippen LogP contribution >= 0.6 is 0 Å². The number of unbranched alkanes of at least 4 members (excludes halogenated alkanes) is 22. The Kier molecular flexibility index (Phi) is 41.4. The van der Waals surface area contributed by atoms with Gasteiger partial charge in [0.25, 0.3) is 0 Å². The summed E-state index contributed by atoms with van der Waals surface area (Å²) < 4.78 is 0. The van der Waals surface area contributed by atoms with Gasteiger partial charge in [0.1, 0.15) is 0 Å². The molecule has 0 aromatic rings. The summed E-state index contributed by atoms with van der Waals surface area (Å²) in [6, 6.07) is -0.656. The van der Waals surface area contributed by atoms with Crippen molar-refractivity contribution in [3.05, 3.63) is 72.9 Å². The molecule has 0 bridgehead atoms. The van der Waals surface area contributed by atoms with Gasteiger partial charge in [0, 0.05) is 6.42 Å². The van der Waals surface area contributed by atoms with Crippen LogP contribution in [-0.2, 0) is 4.79 Å². The second-order valence-electron chi connectivity index (χ2n) is 14.7. The zero-order valence-electron chi connectivity index (χ0n) is 34.3. The molecule has 1 amide bonds. The van der Waals surface area contributed by atoms with Crippen molar-refractivity contribution in [2.24, 2.45) is 0 Å². The Balaban J connectivity index is 3.70. The van der Waals surface area contributed by atoms with Gasteiger partial charge in [-0.2, -0.15) is 0 Å². The minimum absolute atomic E-state index is 0.0931. The summed E-state index contributed by atoms with van der Waals surface area (Å²) >= 11 is 0. The topological polar surface area (TPSA) is 69.6 Å². The van der Waals surface area contributed by atoms with E-state index in [0.29, 0.717) is 6.42 Å². The number of amides is 1. The van der Waals surface area contributed by atoms with Crippen LogP contribution in [0.2, 0.25) is 0 Å². The summed E-state index contributed by atoms with van der Waals surface area (Å²) in [6.45, 7) is 4.25. The standard InChI is InChI=1S/C48H85NO3/c1-3-5-7-9-11-13-15-17-19-21-23-24-26-27-29-31-33-35-37-39-41-43-47(51)46(45-50)49-48(52)44-42-40-38-36-34-32-30-28-25-22-20-18-16-14-12-10-8-6-4-2/h12,14,18,20,25-28,33,35,41,43,46-47,50-51H,3-11,13,15-17,19,21-24,29-32,34,36-40,42,44-45H2,1-2H3,(H,49,52)/b14-12-,20-18-,27-26+,28-25-,35-33+,43-41+. The van der Waals surface area contributed by atoms with E-state index in [1.54, 1.807) is 6.08 Å². The fourth-order valence-corrected chi connectivity index (χ4v) is 6.22. The van der Waals surface area contributed by atoms with Gasteiger partial charge < -0.3 is 15.5 Å². The summed E-state index contributed by atoms with van der Waals surface area (Å²) in [5.41, 5.74) is 0. The van der Waals surface area contributed by atoms with Crippen molar-refractivity contribution in [1.29, 1.82) is 0 Å². The lowest BCUT2D eigenvalue weighted by atomic mass is 10.1. The third-order valence-corrected chi connectivity index (χ3v) is 9.64. The first-order valence-electron chi connectivity index (χ1n) is 22.2. The highest BCUT2D eigenvalue weighted by atomic mass is 16.3. The van der Waals surface area contributed by atoms with Crippen LogP contribution < -0.4 is 5.32 Å². The normalized spacial score (nSPS) is 13.7. The second-order valence-corrected chi connectivity index (χ2v) is 14.7. The van der Waals surface area contributed by atoms with E-state index in [4.69, 9.17) is 0 Å². The van der Waals surface area contributed by atoms with E-state index in [-0.39, 0.29) is 12.5 Å². The van der Waals surface area contributed by atoms with Gasteiger partial charge in [0.2, 0.25) is 5.91 Å². The van der Waals surface area contributed by atoms with Gasteiger partial charge in [-0.3, -0.25) is 4.79 Å². The van der Waals surface area contributed by atoms with Crippen LogP contribution in [0.5, 0.6) is 0 Å². The van der Waals surface area contributed by atoms with Crippen LogP contribution in [0.3, 0.4) is 0 Å². The largest absolute Gasteiger partial charge is 0.394 e. The molecule has 3 N–H and O–H groups in total. The minimum atomic E-state index is -0.879. The number of nitrogens with one attached hydrogen (secondary N) is 1. The number of hydrogen-bond donors (Lipinski definition) is 3. The smallest absolute Gasteiger partial charge is 0.220 e. The van der Waals surface area contributed by atoms with E-state index in [0.717, 1.165) is 64.2 Å². The molecular formula is C48H85NO3. The summed E-state index contributed by atoms with van der Waals surface area (Å²) in [5.74, 6) is -0.0931. The minimum Gasteiger partial charge on any atom is -0.394 e. The Labute approximate surface area is 323 Å². The van der Waals surface area contributed by atoms with Crippen LogP contribution in [0.1, 0.15) is 206 Å². The Bertz CT molecular complexity index is 915. The van der Waals surface area contributed by atoms with E-state index in [2.05, 4.69) is 79.9 Å². The van der Waals surface area contributed by atoms with Crippen molar-refractivity contribution in [1.82, 2.24) is 5.32 Å². The van der Waals surface area contributed by atoms with E-state index in [1.807, 2.05) is 6.08 Å². The van der Waals surface area contributed by atoms with Crippen molar-refractivity contribution < 1.29 is 15.0 Å². The van der Waals surface area contributed by atoms with Crippen molar-refractivity contribution in [3.8, 4) is 0 Å². The van der Waals surface area contributed by atoms with Crippen molar-refractivity contribution >= 4 is 5.91 Å². The van der Waals surface area contributed by atoms with Crippen molar-refractivity contribution in [2.45, 2.75) is 219 Å². The lowest BCUT2D eigenvalue weighted by molar-refractivity contribution is -0.123. The van der Waals surface area contributed by atoms with Crippen LogP contribution in [0, 0.1) is 0 Å². The summed E-state index contributed by atoms with van der Waals surface area (Å²) in [6.07, 6.45) is 61.5. The quantitative estimate of drug-likeness (QED) is 0.0437. The average molecular weight is 724 g/mol. The molecule has 0 spiro atoms. The van der Waals surface area contributed by atoms with Crippen molar-refractivity contribution in [2.75, 3.05) is 6.61 Å². The molecule has 0 aliphatic carbocycles. The molecule has 0 aromatic heterocycles. The molecule has 0 aliphatic heterocycles. The average Bonchev–Trinajstić information content (AvgIpc) is 3.15. The number of allylic oxidation sites excluding steroid dienone is 11. The molecular weight excluding hydrogens is 639 g/mol. The Hall–Kier alpha value is -2.17. The maximum atomic E-state index is 12.4. The predicted molar refractivity (Wildman–Crippen MR) is 230 cm³/mol. The highest BCUT2D eigenvalue weighted by Gasteiger charge is 2.17. The number of rotatable bonds is 39. The Morgan fingerprint density at radius 3 is 1.29 bits per heavy atom. The summed E-state index contributed by atoms with van der Waals surface area (Å²) in [4.78, 5) is 12.4. The monoisotopic (exact) mass is 724 g/mol. The SMILES string of the molecule is CCCCC/C=C\C/C=C\C/C=C\CCCCCCCCC(=O)NC(CO)C(O)/C=C/CC/C=C/CC/C=C/CCCCCCCCCCCCC. The number of carbonyl (C=O) groups excluding carboxylic acids is 1. The molecule has 0 aromatic carbocycles. The maximum absolute atomic E-state index is 12.4. The Morgan fingerprint density at radius 1 is 0.462 bits per heavy atom. The molecule has 2 unspecified atom stereocenters.